The second-order valence-corrected chi connectivity index (χ2v) is 6.62. The number of nitro benzene ring substituents is 1. The molecule has 0 aliphatic carbocycles. The van der Waals surface area contributed by atoms with Gasteiger partial charge in [0.25, 0.3) is 15.7 Å². The zero-order valence-electron chi connectivity index (χ0n) is 12.1. The predicted molar refractivity (Wildman–Crippen MR) is 85.0 cm³/mol. The van der Waals surface area contributed by atoms with Crippen LogP contribution in [0.15, 0.2) is 35.6 Å². The van der Waals surface area contributed by atoms with Crippen molar-refractivity contribution in [3.8, 4) is 0 Å². The summed E-state index contributed by atoms with van der Waals surface area (Å²) < 4.78 is 27.8. The second-order valence-electron chi connectivity index (χ2n) is 4.58. The number of halogens is 1. The molecule has 0 amide bonds. The predicted octanol–water partition coefficient (Wildman–Crippen LogP) is 1.37. The summed E-state index contributed by atoms with van der Waals surface area (Å²) in [6, 6.07) is 5.81. The van der Waals surface area contributed by atoms with Crippen LogP contribution in [0.1, 0.15) is 0 Å². The van der Waals surface area contributed by atoms with Gasteiger partial charge in [0.15, 0.2) is 0 Å². The summed E-state index contributed by atoms with van der Waals surface area (Å²) in [5, 5.41) is 13.3. The van der Waals surface area contributed by atoms with E-state index in [9.17, 15) is 18.5 Å². The Kier molecular flexibility index (Phi) is 5.19. The number of non-ortho nitro benzene ring substituents is 1. The first kappa shape index (κ1) is 17.2. The Labute approximate surface area is 137 Å². The number of nitrogens with zero attached hydrogens (tertiary/aromatic N) is 3. The summed E-state index contributed by atoms with van der Waals surface area (Å²) in [5.74, 6) is 0. The van der Waals surface area contributed by atoms with Gasteiger partial charge in [-0.05, 0) is 12.1 Å². The third-order valence-corrected chi connectivity index (χ3v) is 4.86. The van der Waals surface area contributed by atoms with Crippen LogP contribution in [0.25, 0.3) is 0 Å². The molecular formula is C12H14ClN5O4S. The molecule has 1 aromatic heterocycles. The van der Waals surface area contributed by atoms with Crippen LogP contribution >= 0.6 is 11.6 Å². The summed E-state index contributed by atoms with van der Waals surface area (Å²) in [5.41, 5.74) is 0.631. The minimum Gasteiger partial charge on any atom is -0.384 e. The normalized spacial score (nSPS) is 11.4. The molecule has 1 aromatic carbocycles. The number of hydrogen-bond acceptors (Lipinski definition) is 6. The fourth-order valence-corrected chi connectivity index (χ4v) is 3.19. The second kappa shape index (κ2) is 6.94. The van der Waals surface area contributed by atoms with Crippen LogP contribution in [0.4, 0.5) is 11.4 Å². The highest BCUT2D eigenvalue weighted by Crippen LogP contribution is 2.18. The number of nitrogens with one attached hydrogen (secondary N) is 2. The van der Waals surface area contributed by atoms with Crippen molar-refractivity contribution in [3.05, 3.63) is 45.9 Å². The molecule has 0 aliphatic heterocycles. The van der Waals surface area contributed by atoms with Gasteiger partial charge >= 0.3 is 0 Å². The van der Waals surface area contributed by atoms with Crippen molar-refractivity contribution >= 4 is 33.0 Å². The van der Waals surface area contributed by atoms with Crippen molar-refractivity contribution in [2.45, 2.75) is 5.03 Å². The van der Waals surface area contributed by atoms with Crippen molar-refractivity contribution in [1.82, 2.24) is 14.3 Å². The van der Waals surface area contributed by atoms with Gasteiger partial charge in [0, 0.05) is 38.0 Å². The van der Waals surface area contributed by atoms with E-state index in [1.807, 2.05) is 0 Å². The summed E-state index contributed by atoms with van der Waals surface area (Å²) >= 11 is 5.85. The lowest BCUT2D eigenvalue weighted by Crippen LogP contribution is -2.29. The number of imidazole rings is 1. The Morgan fingerprint density at radius 1 is 1.30 bits per heavy atom. The van der Waals surface area contributed by atoms with Crippen molar-refractivity contribution in [2.24, 2.45) is 7.05 Å². The highest BCUT2D eigenvalue weighted by molar-refractivity contribution is 7.89. The van der Waals surface area contributed by atoms with E-state index in [1.54, 1.807) is 19.2 Å². The van der Waals surface area contributed by atoms with Gasteiger partial charge < -0.3 is 9.88 Å². The summed E-state index contributed by atoms with van der Waals surface area (Å²) in [7, 11) is -2.20. The number of aromatic nitrogens is 2. The molecule has 0 saturated carbocycles. The van der Waals surface area contributed by atoms with Crippen LogP contribution in [-0.4, -0.2) is 36.0 Å². The van der Waals surface area contributed by atoms with Gasteiger partial charge in [-0.25, -0.2) is 18.1 Å². The molecule has 1 heterocycles. The molecule has 0 radical (unpaired) electrons. The van der Waals surface area contributed by atoms with Crippen LogP contribution in [0.3, 0.4) is 0 Å². The van der Waals surface area contributed by atoms with Crippen LogP contribution in [0.5, 0.6) is 0 Å². The van der Waals surface area contributed by atoms with Crippen LogP contribution in [0, 0.1) is 10.1 Å². The van der Waals surface area contributed by atoms with Crippen molar-refractivity contribution in [2.75, 3.05) is 18.4 Å². The fraction of sp³-hybridized carbons (Fsp3) is 0.250. The number of benzene rings is 1. The smallest absolute Gasteiger partial charge is 0.269 e. The molecule has 0 bridgehead atoms. The van der Waals surface area contributed by atoms with Crippen molar-refractivity contribution < 1.29 is 13.3 Å². The van der Waals surface area contributed by atoms with Gasteiger partial charge in [0.05, 0.1) is 11.3 Å². The molecule has 0 unspecified atom stereocenters. The van der Waals surface area contributed by atoms with Crippen LogP contribution in [-0.2, 0) is 17.1 Å². The Hall–Kier alpha value is -2.17. The first-order chi connectivity index (χ1) is 10.8. The molecule has 9 nitrogen and oxygen atoms in total. The fourth-order valence-electron chi connectivity index (χ4n) is 1.74. The third-order valence-electron chi connectivity index (χ3n) is 2.91. The molecule has 0 spiro atoms. The number of sulfonamides is 1. The molecule has 0 aliphatic rings. The van der Waals surface area contributed by atoms with Gasteiger partial charge in [0.1, 0.15) is 5.15 Å². The average molecular weight is 360 g/mol. The van der Waals surface area contributed by atoms with Gasteiger partial charge in [-0.2, -0.15) is 0 Å². The number of hydrogen-bond donors (Lipinski definition) is 2. The van der Waals surface area contributed by atoms with E-state index < -0.39 is 14.9 Å². The zero-order chi connectivity index (χ0) is 17.0. The number of anilines is 1. The molecule has 2 aromatic rings. The monoisotopic (exact) mass is 359 g/mol. The molecule has 0 fully saturated rings. The van der Waals surface area contributed by atoms with E-state index in [1.165, 1.54) is 23.0 Å². The maximum absolute atomic E-state index is 12.0. The van der Waals surface area contributed by atoms with Gasteiger partial charge in [-0.3, -0.25) is 10.1 Å². The number of rotatable bonds is 7. The summed E-state index contributed by atoms with van der Waals surface area (Å²) in [4.78, 5) is 13.8. The molecule has 0 saturated heterocycles. The van der Waals surface area contributed by atoms with Gasteiger partial charge in [0.2, 0.25) is 5.03 Å². The molecule has 2 N–H and O–H groups in total. The van der Waals surface area contributed by atoms with E-state index >= 15 is 0 Å². The Morgan fingerprint density at radius 3 is 2.48 bits per heavy atom. The van der Waals surface area contributed by atoms with Crippen LogP contribution < -0.4 is 10.0 Å². The molecule has 0 atom stereocenters. The van der Waals surface area contributed by atoms with E-state index in [4.69, 9.17) is 11.6 Å². The van der Waals surface area contributed by atoms with Crippen molar-refractivity contribution in [3.63, 3.8) is 0 Å². The lowest BCUT2D eigenvalue weighted by Gasteiger charge is -2.07. The molecular weight excluding hydrogens is 346 g/mol. The standard InChI is InChI=1S/C12H14ClN5O4S/c1-17-8-15-12(11(17)13)23(21,22)16-7-6-14-9-2-4-10(5-3-9)18(19)20/h2-5,8,14,16H,6-7H2,1H3. The maximum atomic E-state index is 12.0. The maximum Gasteiger partial charge on any atom is 0.269 e. The Bertz CT molecular complexity index is 803. The highest BCUT2D eigenvalue weighted by atomic mass is 35.5. The highest BCUT2D eigenvalue weighted by Gasteiger charge is 2.21. The third kappa shape index (κ3) is 4.18. The molecule has 11 heteroatoms. The topological polar surface area (TPSA) is 119 Å². The lowest BCUT2D eigenvalue weighted by molar-refractivity contribution is -0.384. The van der Waals surface area contributed by atoms with Crippen LogP contribution in [0.2, 0.25) is 5.15 Å². The van der Waals surface area contributed by atoms with E-state index in [0.717, 1.165) is 0 Å². The van der Waals surface area contributed by atoms with E-state index in [0.29, 0.717) is 12.2 Å². The minimum atomic E-state index is -3.79. The average Bonchev–Trinajstić information content (AvgIpc) is 2.85. The summed E-state index contributed by atoms with van der Waals surface area (Å²) in [6.45, 7) is 0.397. The molecule has 2 rings (SSSR count). The quantitative estimate of drug-likeness (QED) is 0.438. The number of aryl methyl sites for hydroxylation is 1. The minimum absolute atomic E-state index is 0.0129. The first-order valence-electron chi connectivity index (χ1n) is 6.46. The van der Waals surface area contributed by atoms with Gasteiger partial charge in [-0.15, -0.1) is 0 Å². The first-order valence-corrected chi connectivity index (χ1v) is 8.32. The largest absolute Gasteiger partial charge is 0.384 e. The zero-order valence-corrected chi connectivity index (χ0v) is 13.6. The number of nitro groups is 1. The lowest BCUT2D eigenvalue weighted by atomic mass is 10.3. The molecule has 124 valence electrons. The van der Waals surface area contributed by atoms with E-state index in [-0.39, 0.29) is 22.4 Å². The summed E-state index contributed by atoms with van der Waals surface area (Å²) in [6.07, 6.45) is 1.31. The Morgan fingerprint density at radius 2 is 1.96 bits per heavy atom. The van der Waals surface area contributed by atoms with E-state index in [2.05, 4.69) is 15.0 Å². The molecule has 23 heavy (non-hydrogen) atoms. The SMILES string of the molecule is Cn1cnc(S(=O)(=O)NCCNc2ccc([N+](=O)[O-])cc2)c1Cl. The van der Waals surface area contributed by atoms with Gasteiger partial charge in [-0.1, -0.05) is 11.6 Å². The van der Waals surface area contributed by atoms with Crippen molar-refractivity contribution in [1.29, 1.82) is 0 Å². The Balaban J connectivity index is 1.87.